The quantitative estimate of drug-likeness (QED) is 0.713. The van der Waals surface area contributed by atoms with Gasteiger partial charge in [-0.1, -0.05) is 0 Å². The van der Waals surface area contributed by atoms with Gasteiger partial charge in [0.05, 0.1) is 5.56 Å². The lowest BCUT2D eigenvalue weighted by molar-refractivity contribution is 0.0692. The molecule has 2 rings (SSSR count). The molecule has 1 aliphatic rings. The number of hydrogen-bond acceptors (Lipinski definition) is 2. The van der Waals surface area contributed by atoms with E-state index >= 15 is 0 Å². The van der Waals surface area contributed by atoms with Crippen molar-refractivity contribution < 1.29 is 14.3 Å². The largest absolute Gasteiger partial charge is 0.478 e. The molecule has 0 saturated heterocycles. The van der Waals surface area contributed by atoms with Gasteiger partial charge in [0, 0.05) is 6.04 Å². The number of nitrogens with two attached hydrogens (primary N) is 1. The molecule has 0 spiro atoms. The number of hydrogen-bond donors (Lipinski definition) is 2. The summed E-state index contributed by atoms with van der Waals surface area (Å²) in [6, 6.07) is 2.48. The first-order valence-electron chi connectivity index (χ1n) is 4.41. The average molecular weight is 195 g/mol. The fraction of sp³-hybridized carbons (Fsp3) is 0.300. The standard InChI is InChI=1S/C10H10FNO2/c11-8-4-6-5(1-2-9(6)12)3-7(8)10(13)14/h3-4,9H,1-2,12H2,(H,13,14). The van der Waals surface area contributed by atoms with Gasteiger partial charge in [-0.05, 0) is 36.1 Å². The van der Waals surface area contributed by atoms with E-state index in [1.54, 1.807) is 0 Å². The van der Waals surface area contributed by atoms with Crippen LogP contribution in [-0.4, -0.2) is 11.1 Å². The van der Waals surface area contributed by atoms with Crippen LogP contribution in [0.15, 0.2) is 12.1 Å². The van der Waals surface area contributed by atoms with Crippen LogP contribution in [0.1, 0.15) is 33.9 Å². The summed E-state index contributed by atoms with van der Waals surface area (Å²) in [5.74, 6) is -1.93. The average Bonchev–Trinajstić information content (AvgIpc) is 2.46. The molecule has 74 valence electrons. The number of aromatic carboxylic acids is 1. The molecule has 1 aliphatic carbocycles. The van der Waals surface area contributed by atoms with Gasteiger partial charge in [-0.25, -0.2) is 9.18 Å². The molecule has 0 saturated carbocycles. The lowest BCUT2D eigenvalue weighted by atomic mass is 10.0. The van der Waals surface area contributed by atoms with Crippen molar-refractivity contribution in [3.63, 3.8) is 0 Å². The third kappa shape index (κ3) is 1.28. The molecule has 1 aromatic carbocycles. The van der Waals surface area contributed by atoms with Crippen molar-refractivity contribution in [3.8, 4) is 0 Å². The first-order valence-corrected chi connectivity index (χ1v) is 4.41. The highest BCUT2D eigenvalue weighted by molar-refractivity contribution is 5.88. The van der Waals surface area contributed by atoms with Crippen LogP contribution in [0.2, 0.25) is 0 Å². The van der Waals surface area contributed by atoms with Crippen LogP contribution >= 0.6 is 0 Å². The van der Waals surface area contributed by atoms with Gasteiger partial charge in [0.2, 0.25) is 0 Å². The second-order valence-corrected chi connectivity index (χ2v) is 3.48. The minimum absolute atomic E-state index is 0.151. The van der Waals surface area contributed by atoms with E-state index in [-0.39, 0.29) is 11.6 Å². The van der Waals surface area contributed by atoms with Crippen LogP contribution in [0.25, 0.3) is 0 Å². The number of rotatable bonds is 1. The predicted molar refractivity (Wildman–Crippen MR) is 48.6 cm³/mol. The van der Waals surface area contributed by atoms with Gasteiger partial charge in [-0.2, -0.15) is 0 Å². The normalized spacial score (nSPS) is 19.4. The van der Waals surface area contributed by atoms with Gasteiger partial charge in [0.1, 0.15) is 5.82 Å². The monoisotopic (exact) mass is 195 g/mol. The summed E-state index contributed by atoms with van der Waals surface area (Å²) in [6.45, 7) is 0. The summed E-state index contributed by atoms with van der Waals surface area (Å²) in [6.07, 6.45) is 1.49. The maximum absolute atomic E-state index is 13.2. The van der Waals surface area contributed by atoms with E-state index in [0.29, 0.717) is 0 Å². The van der Waals surface area contributed by atoms with E-state index in [4.69, 9.17) is 10.8 Å². The Kier molecular flexibility index (Phi) is 2.00. The number of carboxylic acid groups (broad SMARTS) is 1. The van der Waals surface area contributed by atoms with Crippen molar-refractivity contribution in [2.75, 3.05) is 0 Å². The molecule has 0 amide bonds. The molecule has 0 fully saturated rings. The Morgan fingerprint density at radius 3 is 2.93 bits per heavy atom. The number of aryl methyl sites for hydroxylation is 1. The zero-order valence-electron chi connectivity index (χ0n) is 7.46. The summed E-state index contributed by atoms with van der Waals surface area (Å²) in [5, 5.41) is 8.69. The van der Waals surface area contributed by atoms with Crippen LogP contribution in [-0.2, 0) is 6.42 Å². The van der Waals surface area contributed by atoms with Crippen LogP contribution in [0.5, 0.6) is 0 Å². The van der Waals surface area contributed by atoms with Gasteiger partial charge < -0.3 is 10.8 Å². The molecule has 14 heavy (non-hydrogen) atoms. The Hall–Kier alpha value is -1.42. The molecular weight excluding hydrogens is 185 g/mol. The first-order chi connectivity index (χ1) is 6.59. The smallest absolute Gasteiger partial charge is 0.338 e. The summed E-state index contributed by atoms with van der Waals surface area (Å²) in [4.78, 5) is 10.6. The minimum atomic E-state index is -1.23. The SMILES string of the molecule is NC1CCc2cc(C(=O)O)c(F)cc21. The number of carboxylic acids is 1. The molecule has 1 atom stereocenters. The third-order valence-electron chi connectivity index (χ3n) is 2.58. The summed E-state index contributed by atoms with van der Waals surface area (Å²) in [7, 11) is 0. The second-order valence-electron chi connectivity index (χ2n) is 3.48. The zero-order valence-corrected chi connectivity index (χ0v) is 7.46. The molecule has 0 radical (unpaired) electrons. The van der Waals surface area contributed by atoms with E-state index in [2.05, 4.69) is 0 Å². The van der Waals surface area contributed by atoms with Crippen LogP contribution < -0.4 is 5.73 Å². The zero-order chi connectivity index (χ0) is 10.3. The van der Waals surface area contributed by atoms with Crippen molar-refractivity contribution >= 4 is 5.97 Å². The Morgan fingerprint density at radius 1 is 1.57 bits per heavy atom. The Labute approximate surface area is 80.3 Å². The highest BCUT2D eigenvalue weighted by Gasteiger charge is 2.23. The van der Waals surface area contributed by atoms with E-state index in [1.807, 2.05) is 0 Å². The van der Waals surface area contributed by atoms with E-state index in [1.165, 1.54) is 12.1 Å². The number of fused-ring (bicyclic) bond motifs is 1. The highest BCUT2D eigenvalue weighted by atomic mass is 19.1. The van der Waals surface area contributed by atoms with E-state index in [0.717, 1.165) is 24.0 Å². The fourth-order valence-corrected chi connectivity index (χ4v) is 1.83. The van der Waals surface area contributed by atoms with Gasteiger partial charge in [0.25, 0.3) is 0 Å². The Morgan fingerprint density at radius 2 is 2.29 bits per heavy atom. The van der Waals surface area contributed by atoms with Gasteiger partial charge in [0.15, 0.2) is 0 Å². The molecule has 1 aromatic rings. The number of halogens is 1. The second kappa shape index (κ2) is 3.06. The maximum atomic E-state index is 13.2. The summed E-state index contributed by atoms with van der Waals surface area (Å²) >= 11 is 0. The van der Waals surface area contributed by atoms with Crippen molar-refractivity contribution in [1.82, 2.24) is 0 Å². The molecule has 3 N–H and O–H groups in total. The Bertz CT molecular complexity index is 403. The highest BCUT2D eigenvalue weighted by Crippen LogP contribution is 2.31. The minimum Gasteiger partial charge on any atom is -0.478 e. The van der Waals surface area contributed by atoms with E-state index < -0.39 is 11.8 Å². The number of carbonyl (C=O) groups is 1. The van der Waals surface area contributed by atoms with Gasteiger partial charge in [-0.3, -0.25) is 0 Å². The molecule has 1 unspecified atom stereocenters. The molecule has 0 aromatic heterocycles. The lowest BCUT2D eigenvalue weighted by Crippen LogP contribution is -2.07. The molecular formula is C10H10FNO2. The fourth-order valence-electron chi connectivity index (χ4n) is 1.83. The predicted octanol–water partition coefficient (Wildman–Crippen LogP) is 1.47. The van der Waals surface area contributed by atoms with Crippen molar-refractivity contribution in [3.05, 3.63) is 34.6 Å². The topological polar surface area (TPSA) is 63.3 Å². The number of benzene rings is 1. The van der Waals surface area contributed by atoms with Crippen molar-refractivity contribution in [2.24, 2.45) is 5.73 Å². The van der Waals surface area contributed by atoms with Gasteiger partial charge in [-0.15, -0.1) is 0 Å². The molecule has 3 nitrogen and oxygen atoms in total. The van der Waals surface area contributed by atoms with Crippen LogP contribution in [0.4, 0.5) is 4.39 Å². The molecule has 0 bridgehead atoms. The summed E-state index contributed by atoms with van der Waals surface area (Å²) in [5.41, 5.74) is 7.06. The van der Waals surface area contributed by atoms with Crippen LogP contribution in [0, 0.1) is 5.82 Å². The Balaban J connectivity index is 2.55. The maximum Gasteiger partial charge on any atom is 0.338 e. The molecule has 4 heteroatoms. The lowest BCUT2D eigenvalue weighted by Gasteiger charge is -2.06. The summed E-state index contributed by atoms with van der Waals surface area (Å²) < 4.78 is 13.2. The van der Waals surface area contributed by atoms with Crippen molar-refractivity contribution in [2.45, 2.75) is 18.9 Å². The van der Waals surface area contributed by atoms with Gasteiger partial charge >= 0.3 is 5.97 Å². The van der Waals surface area contributed by atoms with Crippen molar-refractivity contribution in [1.29, 1.82) is 0 Å². The molecule has 0 heterocycles. The van der Waals surface area contributed by atoms with Crippen LogP contribution in [0.3, 0.4) is 0 Å². The molecule has 0 aliphatic heterocycles. The first kappa shape index (κ1) is 9.15. The van der Waals surface area contributed by atoms with E-state index in [9.17, 15) is 9.18 Å². The third-order valence-corrected chi connectivity index (χ3v) is 2.58.